The zero-order valence-electron chi connectivity index (χ0n) is 21.3. The van der Waals surface area contributed by atoms with Crippen molar-refractivity contribution in [3.63, 3.8) is 0 Å². The van der Waals surface area contributed by atoms with Crippen LogP contribution in [0.3, 0.4) is 0 Å². The molecule has 0 atom stereocenters. The summed E-state index contributed by atoms with van der Waals surface area (Å²) in [6.45, 7) is 1.61. The smallest absolute Gasteiger partial charge is 0.256 e. The van der Waals surface area contributed by atoms with E-state index >= 15 is 0 Å². The SMILES string of the molecule is Cn1cc(NC(=O)c2ccc(N(CCCl)CCCl)cc2)nc1-c1nc2ccc(C(=O)NCCC(=N)N)cc2[nH]1. The largest absolute Gasteiger partial charge is 0.388 e. The van der Waals surface area contributed by atoms with Gasteiger partial charge in [-0.1, -0.05) is 0 Å². The van der Waals surface area contributed by atoms with Gasteiger partial charge in [-0.3, -0.25) is 15.0 Å². The number of hydrogen-bond acceptors (Lipinski definition) is 6. The minimum atomic E-state index is -0.294. The molecule has 0 fully saturated rings. The number of H-pyrrole nitrogens is 1. The molecule has 0 unspecified atom stereocenters. The summed E-state index contributed by atoms with van der Waals surface area (Å²) in [5, 5.41) is 12.8. The lowest BCUT2D eigenvalue weighted by Gasteiger charge is -2.22. The number of nitrogens with one attached hydrogen (secondary N) is 4. The normalized spacial score (nSPS) is 10.9. The Morgan fingerprint density at radius 1 is 1.05 bits per heavy atom. The van der Waals surface area contributed by atoms with Gasteiger partial charge in [0.1, 0.15) is 0 Å². The van der Waals surface area contributed by atoms with Crippen molar-refractivity contribution in [2.45, 2.75) is 6.42 Å². The number of amides is 2. The molecule has 11 nitrogen and oxygen atoms in total. The third-order valence-electron chi connectivity index (χ3n) is 5.96. The lowest BCUT2D eigenvalue weighted by molar-refractivity contribution is 0.0954. The molecule has 0 aliphatic carbocycles. The number of nitrogens with zero attached hydrogens (tertiary/aromatic N) is 4. The average molecular weight is 570 g/mol. The number of carbonyl (C=O) groups excluding carboxylic acids is 2. The van der Waals surface area contributed by atoms with E-state index in [-0.39, 0.29) is 30.6 Å². The molecule has 2 amide bonds. The molecule has 0 saturated heterocycles. The van der Waals surface area contributed by atoms with Gasteiger partial charge in [0.2, 0.25) is 0 Å². The van der Waals surface area contributed by atoms with Gasteiger partial charge >= 0.3 is 0 Å². The van der Waals surface area contributed by atoms with Gasteiger partial charge in [0, 0.05) is 67.9 Å². The van der Waals surface area contributed by atoms with Crippen LogP contribution in [0.1, 0.15) is 27.1 Å². The van der Waals surface area contributed by atoms with Gasteiger partial charge in [-0.25, -0.2) is 9.97 Å². The van der Waals surface area contributed by atoms with Crippen molar-refractivity contribution in [3.8, 4) is 11.6 Å². The van der Waals surface area contributed by atoms with Crippen molar-refractivity contribution in [2.24, 2.45) is 12.8 Å². The monoisotopic (exact) mass is 569 g/mol. The maximum Gasteiger partial charge on any atom is 0.256 e. The topological polar surface area (TPSA) is 158 Å². The molecule has 0 saturated carbocycles. The first-order valence-electron chi connectivity index (χ1n) is 12.2. The van der Waals surface area contributed by atoms with E-state index in [1.54, 1.807) is 48.1 Å². The molecule has 0 aliphatic heterocycles. The summed E-state index contributed by atoms with van der Waals surface area (Å²) in [5.41, 5.74) is 8.54. The lowest BCUT2D eigenvalue weighted by Crippen LogP contribution is -2.27. The molecular formula is C26H29Cl2N9O2. The van der Waals surface area contributed by atoms with Crippen LogP contribution in [-0.4, -0.2) is 68.6 Å². The minimum Gasteiger partial charge on any atom is -0.388 e. The number of imidazole rings is 2. The number of alkyl halides is 2. The van der Waals surface area contributed by atoms with Crippen molar-refractivity contribution < 1.29 is 9.59 Å². The van der Waals surface area contributed by atoms with Gasteiger partial charge in [-0.2, -0.15) is 0 Å². The Morgan fingerprint density at radius 2 is 1.74 bits per heavy atom. The molecule has 0 radical (unpaired) electrons. The van der Waals surface area contributed by atoms with E-state index in [1.807, 2.05) is 12.1 Å². The first-order chi connectivity index (χ1) is 18.8. The van der Waals surface area contributed by atoms with E-state index in [1.165, 1.54) is 0 Å². The number of rotatable bonds is 12. The fourth-order valence-electron chi connectivity index (χ4n) is 4.00. The standard InChI is InChI=1S/C26H29Cl2N9O2/c1-36-15-22(35-26(39)16-2-5-18(6-3-16)37(12-9-27)13-10-28)34-24(36)23-32-19-7-4-17(14-20(19)33-23)25(38)31-11-8-21(29)30/h2-7,14-15H,8-13H2,1H3,(H3,29,30)(H,31,38)(H,32,33)(H,35,39). The van der Waals surface area contributed by atoms with Gasteiger partial charge in [-0.05, 0) is 42.5 Å². The fourth-order valence-corrected chi connectivity index (χ4v) is 4.41. The fraction of sp³-hybridized carbons (Fsp3) is 0.269. The Bertz CT molecular complexity index is 1470. The number of hydrogen-bond donors (Lipinski definition) is 5. The number of aryl methyl sites for hydroxylation is 1. The van der Waals surface area contributed by atoms with Gasteiger partial charge in [0.25, 0.3) is 11.8 Å². The van der Waals surface area contributed by atoms with Crippen molar-refractivity contribution in [3.05, 3.63) is 59.8 Å². The zero-order chi connectivity index (χ0) is 27.9. The van der Waals surface area contributed by atoms with Crippen LogP contribution in [0.4, 0.5) is 11.5 Å². The molecule has 13 heteroatoms. The predicted octanol–water partition coefficient (Wildman–Crippen LogP) is 3.56. The molecule has 6 N–H and O–H groups in total. The Morgan fingerprint density at radius 3 is 2.41 bits per heavy atom. The lowest BCUT2D eigenvalue weighted by atomic mass is 10.2. The molecule has 2 aromatic heterocycles. The number of carbonyl (C=O) groups is 2. The molecule has 0 bridgehead atoms. The van der Waals surface area contributed by atoms with Crippen molar-refractivity contribution >= 4 is 63.4 Å². The van der Waals surface area contributed by atoms with Crippen molar-refractivity contribution in [1.29, 1.82) is 5.41 Å². The predicted molar refractivity (Wildman–Crippen MR) is 155 cm³/mol. The Kier molecular flexibility index (Phi) is 9.05. The first kappa shape index (κ1) is 27.9. The van der Waals surface area contributed by atoms with E-state index in [0.717, 1.165) is 5.69 Å². The van der Waals surface area contributed by atoms with Gasteiger partial charge in [0.05, 0.1) is 16.9 Å². The highest BCUT2D eigenvalue weighted by atomic mass is 35.5. The van der Waals surface area contributed by atoms with Crippen LogP contribution >= 0.6 is 23.2 Å². The van der Waals surface area contributed by atoms with Crippen molar-refractivity contribution in [1.82, 2.24) is 24.8 Å². The molecule has 39 heavy (non-hydrogen) atoms. The maximum atomic E-state index is 12.9. The Labute approximate surface area is 235 Å². The number of aromatic nitrogens is 4. The number of anilines is 2. The quantitative estimate of drug-likeness (QED) is 0.0996. The zero-order valence-corrected chi connectivity index (χ0v) is 22.8. The van der Waals surface area contributed by atoms with E-state index in [2.05, 4.69) is 30.5 Å². The van der Waals surface area contributed by atoms with Crippen LogP contribution in [-0.2, 0) is 7.05 Å². The summed E-state index contributed by atoms with van der Waals surface area (Å²) in [7, 11) is 1.80. The number of fused-ring (bicyclic) bond motifs is 1. The highest BCUT2D eigenvalue weighted by Gasteiger charge is 2.16. The molecule has 2 aromatic carbocycles. The second-order valence-corrected chi connectivity index (χ2v) is 9.53. The van der Waals surface area contributed by atoms with Crippen LogP contribution in [0.2, 0.25) is 0 Å². The number of benzene rings is 2. The number of aromatic amines is 1. The van der Waals surface area contributed by atoms with Gasteiger partial charge in [-0.15, -0.1) is 23.2 Å². The Balaban J connectivity index is 1.46. The van der Waals surface area contributed by atoms with E-state index in [0.29, 0.717) is 64.5 Å². The van der Waals surface area contributed by atoms with Crippen LogP contribution in [0.5, 0.6) is 0 Å². The molecular weight excluding hydrogens is 541 g/mol. The Hall–Kier alpha value is -4.09. The molecule has 0 aliphatic rings. The third-order valence-corrected chi connectivity index (χ3v) is 6.30. The summed E-state index contributed by atoms with van der Waals surface area (Å²) in [6.07, 6.45) is 1.98. The number of amidine groups is 1. The average Bonchev–Trinajstić information content (AvgIpc) is 3.50. The van der Waals surface area contributed by atoms with Gasteiger partial charge in [0.15, 0.2) is 17.5 Å². The first-order valence-corrected chi connectivity index (χ1v) is 13.3. The summed E-state index contributed by atoms with van der Waals surface area (Å²) in [4.78, 5) is 39.6. The summed E-state index contributed by atoms with van der Waals surface area (Å²) < 4.78 is 1.75. The van der Waals surface area contributed by atoms with Crippen LogP contribution in [0, 0.1) is 5.41 Å². The van der Waals surface area contributed by atoms with E-state index < -0.39 is 0 Å². The van der Waals surface area contributed by atoms with Crippen molar-refractivity contribution in [2.75, 3.05) is 41.6 Å². The minimum absolute atomic E-state index is 0.0139. The molecule has 4 rings (SSSR count). The molecule has 2 heterocycles. The summed E-state index contributed by atoms with van der Waals surface area (Å²) in [5.74, 6) is 1.79. The number of nitrogens with two attached hydrogens (primary N) is 1. The number of halogens is 2. The molecule has 0 spiro atoms. The van der Waals surface area contributed by atoms with Gasteiger partial charge < -0.3 is 30.8 Å². The highest BCUT2D eigenvalue weighted by Crippen LogP contribution is 2.23. The maximum absolute atomic E-state index is 12.9. The van der Waals surface area contributed by atoms with E-state index in [4.69, 9.17) is 34.3 Å². The van der Waals surface area contributed by atoms with E-state index in [9.17, 15) is 9.59 Å². The van der Waals surface area contributed by atoms with Crippen LogP contribution in [0.25, 0.3) is 22.7 Å². The summed E-state index contributed by atoms with van der Waals surface area (Å²) in [6, 6.07) is 12.3. The third kappa shape index (κ3) is 6.87. The molecule has 4 aromatic rings. The highest BCUT2D eigenvalue weighted by molar-refractivity contribution is 6.18. The van der Waals surface area contributed by atoms with Crippen LogP contribution in [0.15, 0.2) is 48.7 Å². The second kappa shape index (κ2) is 12.6. The summed E-state index contributed by atoms with van der Waals surface area (Å²) >= 11 is 11.8. The van der Waals surface area contributed by atoms with Crippen LogP contribution < -0.4 is 21.3 Å². The molecule has 204 valence electrons. The second-order valence-electron chi connectivity index (χ2n) is 8.78.